The molecular weight excluding hydrogens is 264 g/mol. The van der Waals surface area contributed by atoms with Crippen LogP contribution in [0.1, 0.15) is 24.8 Å². The van der Waals surface area contributed by atoms with E-state index in [1.54, 1.807) is 0 Å². The van der Waals surface area contributed by atoms with Gasteiger partial charge in [-0.15, -0.1) is 12.4 Å². The van der Waals surface area contributed by atoms with Crippen LogP contribution in [0.2, 0.25) is 0 Å². The molecule has 1 saturated carbocycles. The SMILES string of the molecule is Cl.O=C(NC1C[C@@H]2C[C@H](C1)N2)OCc1ccccc1. The van der Waals surface area contributed by atoms with Crippen molar-refractivity contribution < 1.29 is 9.53 Å². The van der Waals surface area contributed by atoms with Crippen molar-refractivity contribution in [3.05, 3.63) is 35.9 Å². The summed E-state index contributed by atoms with van der Waals surface area (Å²) >= 11 is 0. The number of carbonyl (C=O) groups is 1. The van der Waals surface area contributed by atoms with Crippen LogP contribution in [0.3, 0.4) is 0 Å². The maximum atomic E-state index is 11.7. The number of ether oxygens (including phenoxy) is 1. The van der Waals surface area contributed by atoms with Crippen LogP contribution in [0.5, 0.6) is 0 Å². The standard InChI is InChI=1S/C14H18N2O2.ClH/c17-14(18-9-10-4-2-1-3-5-10)16-13-7-11-6-12(8-13)15-11;/h1-5,11-13,15H,6-9H2,(H,16,17);1H/t11-,12+,13?;. The molecule has 1 aromatic rings. The third-order valence-corrected chi connectivity index (χ3v) is 3.71. The fraction of sp³-hybridized carbons (Fsp3) is 0.500. The molecule has 2 saturated heterocycles. The van der Waals surface area contributed by atoms with Gasteiger partial charge in [-0.2, -0.15) is 0 Å². The Morgan fingerprint density at radius 2 is 1.84 bits per heavy atom. The number of nitrogens with one attached hydrogen (secondary N) is 2. The Labute approximate surface area is 119 Å². The molecule has 2 bridgehead atoms. The van der Waals surface area contributed by atoms with Crippen LogP contribution in [0, 0.1) is 0 Å². The first-order valence-corrected chi connectivity index (χ1v) is 6.53. The number of rotatable bonds is 3. The maximum absolute atomic E-state index is 11.7. The highest BCUT2D eigenvalue weighted by atomic mass is 35.5. The number of carbonyl (C=O) groups excluding carboxylic acids is 1. The number of alkyl carbamates (subject to hydrolysis) is 1. The summed E-state index contributed by atoms with van der Waals surface area (Å²) in [6.45, 7) is 0.338. The molecule has 3 fully saturated rings. The average Bonchev–Trinajstić information content (AvgIpc) is 2.37. The number of hydrogen-bond acceptors (Lipinski definition) is 3. The number of amides is 1. The molecule has 1 aromatic carbocycles. The van der Waals surface area contributed by atoms with Gasteiger partial charge in [-0.3, -0.25) is 0 Å². The summed E-state index contributed by atoms with van der Waals surface area (Å²) in [5.41, 5.74) is 1.01. The Morgan fingerprint density at radius 1 is 1.21 bits per heavy atom. The quantitative estimate of drug-likeness (QED) is 0.894. The molecule has 19 heavy (non-hydrogen) atoms. The van der Waals surface area contributed by atoms with E-state index in [0.717, 1.165) is 18.4 Å². The molecule has 3 aliphatic rings. The average molecular weight is 283 g/mol. The van der Waals surface area contributed by atoms with Gasteiger partial charge in [-0.1, -0.05) is 30.3 Å². The highest BCUT2D eigenvalue weighted by Crippen LogP contribution is 2.28. The zero-order chi connectivity index (χ0) is 12.4. The van der Waals surface area contributed by atoms with E-state index in [1.165, 1.54) is 6.42 Å². The van der Waals surface area contributed by atoms with Gasteiger partial charge in [0.1, 0.15) is 6.61 Å². The van der Waals surface area contributed by atoms with Crippen molar-refractivity contribution in [3.63, 3.8) is 0 Å². The van der Waals surface area contributed by atoms with E-state index in [0.29, 0.717) is 18.7 Å². The predicted octanol–water partition coefficient (Wildman–Crippen LogP) is 2.23. The first-order valence-electron chi connectivity index (χ1n) is 6.53. The summed E-state index contributed by atoms with van der Waals surface area (Å²) in [5.74, 6) is 0. The lowest BCUT2D eigenvalue weighted by molar-refractivity contribution is 0.112. The molecule has 4 rings (SSSR count). The van der Waals surface area contributed by atoms with E-state index in [1.807, 2.05) is 30.3 Å². The van der Waals surface area contributed by atoms with E-state index in [4.69, 9.17) is 4.74 Å². The Bertz CT molecular complexity index is 411. The van der Waals surface area contributed by atoms with Crippen molar-refractivity contribution in [3.8, 4) is 0 Å². The van der Waals surface area contributed by atoms with E-state index >= 15 is 0 Å². The second-order valence-electron chi connectivity index (χ2n) is 5.17. The molecule has 0 radical (unpaired) electrons. The van der Waals surface area contributed by atoms with Gasteiger partial charge in [0.25, 0.3) is 0 Å². The van der Waals surface area contributed by atoms with Gasteiger partial charge in [0.2, 0.25) is 0 Å². The summed E-state index contributed by atoms with van der Waals surface area (Å²) in [6.07, 6.45) is 3.01. The zero-order valence-electron chi connectivity index (χ0n) is 10.7. The lowest BCUT2D eigenvalue weighted by Crippen LogP contribution is -2.62. The lowest BCUT2D eigenvalue weighted by atomic mass is 9.80. The number of hydrogen-bond donors (Lipinski definition) is 2. The predicted molar refractivity (Wildman–Crippen MR) is 75.4 cm³/mol. The van der Waals surface area contributed by atoms with Crippen molar-refractivity contribution in [1.82, 2.24) is 10.6 Å². The molecule has 2 aliphatic heterocycles. The van der Waals surface area contributed by atoms with Crippen molar-refractivity contribution >= 4 is 18.5 Å². The number of benzene rings is 1. The smallest absolute Gasteiger partial charge is 0.407 e. The van der Waals surface area contributed by atoms with Gasteiger partial charge in [0.05, 0.1) is 0 Å². The molecule has 1 aliphatic carbocycles. The number of fused-ring (bicyclic) bond motifs is 2. The maximum Gasteiger partial charge on any atom is 0.407 e. The van der Waals surface area contributed by atoms with E-state index < -0.39 is 0 Å². The van der Waals surface area contributed by atoms with Crippen LogP contribution in [-0.4, -0.2) is 24.2 Å². The van der Waals surface area contributed by atoms with E-state index in [-0.39, 0.29) is 24.5 Å². The van der Waals surface area contributed by atoms with Crippen molar-refractivity contribution in [2.24, 2.45) is 0 Å². The van der Waals surface area contributed by atoms with Crippen LogP contribution in [-0.2, 0) is 11.3 Å². The summed E-state index contributed by atoms with van der Waals surface area (Å²) in [4.78, 5) is 11.7. The molecule has 3 atom stereocenters. The second-order valence-corrected chi connectivity index (χ2v) is 5.17. The largest absolute Gasteiger partial charge is 0.445 e. The monoisotopic (exact) mass is 282 g/mol. The zero-order valence-corrected chi connectivity index (χ0v) is 11.5. The van der Waals surface area contributed by atoms with Crippen LogP contribution < -0.4 is 10.6 Å². The minimum Gasteiger partial charge on any atom is -0.445 e. The molecular formula is C14H19ClN2O2. The Balaban J connectivity index is 0.00000133. The number of piperidine rings is 1. The van der Waals surface area contributed by atoms with Crippen molar-refractivity contribution in [2.75, 3.05) is 0 Å². The summed E-state index contributed by atoms with van der Waals surface area (Å²) < 4.78 is 5.21. The molecule has 104 valence electrons. The second kappa shape index (κ2) is 6.26. The van der Waals surface area contributed by atoms with Crippen molar-refractivity contribution in [1.29, 1.82) is 0 Å². The van der Waals surface area contributed by atoms with Crippen molar-refractivity contribution in [2.45, 2.75) is 44.0 Å². The first-order chi connectivity index (χ1) is 8.79. The van der Waals surface area contributed by atoms with Crippen LogP contribution in [0.25, 0.3) is 0 Å². The topological polar surface area (TPSA) is 50.4 Å². The van der Waals surface area contributed by atoms with Gasteiger partial charge in [0, 0.05) is 18.1 Å². The van der Waals surface area contributed by atoms with E-state index in [9.17, 15) is 4.79 Å². The molecule has 2 heterocycles. The molecule has 4 nitrogen and oxygen atoms in total. The molecule has 0 aromatic heterocycles. The highest BCUT2D eigenvalue weighted by molar-refractivity contribution is 5.85. The molecule has 0 spiro atoms. The normalized spacial score (nSPS) is 27.7. The van der Waals surface area contributed by atoms with Gasteiger partial charge in [-0.05, 0) is 24.8 Å². The van der Waals surface area contributed by atoms with Gasteiger partial charge in [-0.25, -0.2) is 4.79 Å². The Hall–Kier alpha value is -1.26. The first kappa shape index (κ1) is 14.2. The summed E-state index contributed by atoms with van der Waals surface area (Å²) in [7, 11) is 0. The Kier molecular flexibility index (Phi) is 4.66. The van der Waals surface area contributed by atoms with Gasteiger partial charge < -0.3 is 15.4 Å². The van der Waals surface area contributed by atoms with Crippen LogP contribution >= 0.6 is 12.4 Å². The van der Waals surface area contributed by atoms with E-state index in [2.05, 4.69) is 10.6 Å². The third-order valence-electron chi connectivity index (χ3n) is 3.71. The molecule has 2 N–H and O–H groups in total. The highest BCUT2D eigenvalue weighted by Gasteiger charge is 2.38. The Morgan fingerprint density at radius 3 is 2.47 bits per heavy atom. The van der Waals surface area contributed by atoms with Crippen LogP contribution in [0.15, 0.2) is 30.3 Å². The lowest BCUT2D eigenvalue weighted by Gasteiger charge is -2.46. The van der Waals surface area contributed by atoms with Crippen LogP contribution in [0.4, 0.5) is 4.79 Å². The fourth-order valence-corrected chi connectivity index (χ4v) is 2.81. The summed E-state index contributed by atoms with van der Waals surface area (Å²) in [5, 5.41) is 6.40. The molecule has 1 unspecified atom stereocenters. The fourth-order valence-electron chi connectivity index (χ4n) is 2.81. The van der Waals surface area contributed by atoms with Gasteiger partial charge in [0.15, 0.2) is 0 Å². The molecule has 1 amide bonds. The third kappa shape index (κ3) is 3.61. The minimum absolute atomic E-state index is 0. The van der Waals surface area contributed by atoms with Gasteiger partial charge >= 0.3 is 6.09 Å². The minimum atomic E-state index is -0.301. The molecule has 5 heteroatoms. The number of halogens is 1. The summed E-state index contributed by atoms with van der Waals surface area (Å²) in [6, 6.07) is 11.2.